The molecule has 0 spiro atoms. The monoisotopic (exact) mass is 367 g/mol. The van der Waals surface area contributed by atoms with Crippen LogP contribution in [0.3, 0.4) is 0 Å². The number of imidazole rings is 1. The maximum Gasteiger partial charge on any atom is 0.189 e. The lowest BCUT2D eigenvalue weighted by Crippen LogP contribution is -2.23. The van der Waals surface area contributed by atoms with Crippen LogP contribution in [0.4, 0.5) is 10.9 Å². The molecule has 3 N–H and O–H groups in total. The summed E-state index contributed by atoms with van der Waals surface area (Å²) in [5.74, 6) is 1.56. The average molecular weight is 368 g/mol. The van der Waals surface area contributed by atoms with Gasteiger partial charge in [0.05, 0.1) is 10.7 Å². The van der Waals surface area contributed by atoms with Crippen LogP contribution >= 0.6 is 11.3 Å². The Kier molecular flexibility index (Phi) is 7.17. The van der Waals surface area contributed by atoms with Crippen molar-refractivity contribution in [2.45, 2.75) is 20.3 Å². The molecule has 2 heterocycles. The summed E-state index contributed by atoms with van der Waals surface area (Å²) in [7, 11) is 1.85. The minimum absolute atomic E-state index is 0.776. The third-order valence-electron chi connectivity index (χ3n) is 3.42. The maximum atomic E-state index is 4.71. The van der Waals surface area contributed by atoms with Gasteiger partial charge in [-0.3, -0.25) is 0 Å². The number of nitrogens with zero attached hydrogens (tertiary/aromatic N) is 2. The highest BCUT2D eigenvalue weighted by Gasteiger charge is 2.15. The molecule has 0 saturated carbocycles. The second-order valence-corrected chi connectivity index (χ2v) is 6.33. The van der Waals surface area contributed by atoms with E-state index in [-0.39, 0.29) is 0 Å². The van der Waals surface area contributed by atoms with Gasteiger partial charge < -0.3 is 15.6 Å². The van der Waals surface area contributed by atoms with Crippen molar-refractivity contribution >= 4 is 34.4 Å². The zero-order valence-electron chi connectivity index (χ0n) is 15.5. The number of aromatic amines is 1. The fourth-order valence-corrected chi connectivity index (χ4v) is 3.32. The number of anilines is 2. The Morgan fingerprint density at radius 3 is 2.69 bits per heavy atom. The lowest BCUT2D eigenvalue weighted by molar-refractivity contribution is 1.23. The quantitative estimate of drug-likeness (QED) is 0.621. The smallest absolute Gasteiger partial charge is 0.189 e. The first-order valence-corrected chi connectivity index (χ1v) is 9.28. The van der Waals surface area contributed by atoms with Gasteiger partial charge in [-0.25, -0.2) is 9.97 Å². The molecule has 0 saturated heterocycles. The summed E-state index contributed by atoms with van der Waals surface area (Å²) in [6.07, 6.45) is 14.3. The second kappa shape index (κ2) is 9.58. The van der Waals surface area contributed by atoms with Gasteiger partial charge in [0.2, 0.25) is 0 Å². The zero-order valence-corrected chi connectivity index (χ0v) is 16.3. The molecule has 0 aliphatic heterocycles. The van der Waals surface area contributed by atoms with Gasteiger partial charge in [0.1, 0.15) is 10.7 Å². The Morgan fingerprint density at radius 1 is 1.27 bits per heavy atom. The highest BCUT2D eigenvalue weighted by Crippen LogP contribution is 2.34. The van der Waals surface area contributed by atoms with Crippen molar-refractivity contribution in [1.29, 1.82) is 0 Å². The Hall–Kier alpha value is -2.86. The summed E-state index contributed by atoms with van der Waals surface area (Å²) in [5.41, 5.74) is 0.922. The fraction of sp³-hybridized carbons (Fsp3) is 0.200. The van der Waals surface area contributed by atoms with Gasteiger partial charge >= 0.3 is 0 Å². The van der Waals surface area contributed by atoms with E-state index in [9.17, 15) is 0 Å². The van der Waals surface area contributed by atoms with Gasteiger partial charge in [-0.05, 0) is 31.6 Å². The van der Waals surface area contributed by atoms with E-state index in [2.05, 4.69) is 46.8 Å². The minimum Gasteiger partial charge on any atom is -0.372 e. The molecular formula is C20H25N5S. The van der Waals surface area contributed by atoms with Crippen LogP contribution in [0.25, 0.3) is 22.9 Å². The van der Waals surface area contributed by atoms with Crippen molar-refractivity contribution in [1.82, 2.24) is 15.0 Å². The van der Waals surface area contributed by atoms with Crippen LogP contribution in [-0.2, 0) is 0 Å². The Morgan fingerprint density at radius 2 is 2.08 bits per heavy atom. The van der Waals surface area contributed by atoms with Gasteiger partial charge in [-0.15, -0.1) is 0 Å². The molecule has 2 aromatic rings. The number of thiazole rings is 1. The van der Waals surface area contributed by atoms with Crippen LogP contribution in [0, 0.1) is 0 Å². The van der Waals surface area contributed by atoms with Crippen molar-refractivity contribution < 1.29 is 0 Å². The van der Waals surface area contributed by atoms with Crippen LogP contribution in [0.15, 0.2) is 49.2 Å². The summed E-state index contributed by atoms with van der Waals surface area (Å²) in [6.45, 7) is 11.6. The summed E-state index contributed by atoms with van der Waals surface area (Å²) in [5, 5.41) is 9.11. The van der Waals surface area contributed by atoms with E-state index in [4.69, 9.17) is 4.98 Å². The fourth-order valence-electron chi connectivity index (χ4n) is 2.38. The molecule has 0 aliphatic carbocycles. The first-order chi connectivity index (χ1) is 12.7. The molecule has 0 bridgehead atoms. The molecule has 2 rings (SSSR count). The van der Waals surface area contributed by atoms with Crippen LogP contribution in [0.1, 0.15) is 20.3 Å². The molecule has 26 heavy (non-hydrogen) atoms. The third-order valence-corrected chi connectivity index (χ3v) is 4.40. The Bertz CT molecular complexity index is 943. The molecule has 5 nitrogen and oxygen atoms in total. The lowest BCUT2D eigenvalue weighted by atomic mass is 10.3. The van der Waals surface area contributed by atoms with Crippen LogP contribution in [-0.4, -0.2) is 22.0 Å². The lowest BCUT2D eigenvalue weighted by Gasteiger charge is -2.01. The van der Waals surface area contributed by atoms with E-state index in [1.54, 1.807) is 12.2 Å². The van der Waals surface area contributed by atoms with Crippen molar-refractivity contribution in [3.05, 3.63) is 59.9 Å². The van der Waals surface area contributed by atoms with Crippen LogP contribution in [0.2, 0.25) is 0 Å². The molecule has 6 heteroatoms. The van der Waals surface area contributed by atoms with Gasteiger partial charge in [0.15, 0.2) is 11.0 Å². The molecule has 0 radical (unpaired) electrons. The summed E-state index contributed by atoms with van der Waals surface area (Å²) < 4.78 is 0. The van der Waals surface area contributed by atoms with E-state index < -0.39 is 0 Å². The maximum absolute atomic E-state index is 4.71. The van der Waals surface area contributed by atoms with Crippen molar-refractivity contribution in [2.75, 3.05) is 17.7 Å². The summed E-state index contributed by atoms with van der Waals surface area (Å²) in [4.78, 5) is 13.7. The standard InChI is InChI=1S/C20H25N5S/c1-6-10-14(11-7-2)22-20-25-18(21-5)17(26-20)19-23-15(12-8-3)16(24-19)13-9-4/h6-8,10-13,21H,1,3,9H2,2,4-5H3,(H,22,25)(H,23,24)/b11-7-,14-10+,15-12+,16-13+. The van der Waals surface area contributed by atoms with Crippen LogP contribution in [0.5, 0.6) is 0 Å². The third kappa shape index (κ3) is 4.61. The molecule has 0 aromatic carbocycles. The second-order valence-electron chi connectivity index (χ2n) is 5.33. The number of aromatic nitrogens is 3. The van der Waals surface area contributed by atoms with Gasteiger partial charge in [-0.2, -0.15) is 0 Å². The van der Waals surface area contributed by atoms with E-state index in [1.165, 1.54) is 11.3 Å². The highest BCUT2D eigenvalue weighted by molar-refractivity contribution is 7.19. The number of rotatable bonds is 8. The first-order valence-electron chi connectivity index (χ1n) is 8.47. The van der Waals surface area contributed by atoms with E-state index >= 15 is 0 Å². The zero-order chi connectivity index (χ0) is 18.9. The van der Waals surface area contributed by atoms with E-state index in [0.717, 1.165) is 44.5 Å². The molecule has 0 amide bonds. The number of hydrogen-bond acceptors (Lipinski definition) is 5. The topological polar surface area (TPSA) is 65.6 Å². The highest BCUT2D eigenvalue weighted by atomic mass is 32.1. The molecule has 0 atom stereocenters. The summed E-state index contributed by atoms with van der Waals surface area (Å²) in [6, 6.07) is 0. The predicted molar refractivity (Wildman–Crippen MR) is 115 cm³/mol. The molecule has 0 fully saturated rings. The van der Waals surface area contributed by atoms with Crippen molar-refractivity contribution in [3.8, 4) is 10.7 Å². The number of nitrogens with one attached hydrogen (secondary N) is 3. The average Bonchev–Trinajstić information content (AvgIpc) is 3.20. The van der Waals surface area contributed by atoms with Gasteiger partial charge in [0.25, 0.3) is 0 Å². The molecule has 136 valence electrons. The number of allylic oxidation sites excluding steroid dienone is 5. The predicted octanol–water partition coefficient (Wildman–Crippen LogP) is 3.79. The Labute approximate surface area is 158 Å². The van der Waals surface area contributed by atoms with Gasteiger partial charge in [0, 0.05) is 12.7 Å². The normalized spacial score (nSPS) is 13.4. The number of H-pyrrole nitrogens is 1. The molecule has 0 aliphatic rings. The largest absolute Gasteiger partial charge is 0.372 e. The molecular weight excluding hydrogens is 342 g/mol. The Balaban J connectivity index is 2.50. The van der Waals surface area contributed by atoms with Gasteiger partial charge in [-0.1, -0.05) is 55.7 Å². The van der Waals surface area contributed by atoms with E-state index in [1.807, 2.05) is 38.3 Å². The van der Waals surface area contributed by atoms with Crippen LogP contribution < -0.4 is 21.3 Å². The van der Waals surface area contributed by atoms with Crippen molar-refractivity contribution in [2.24, 2.45) is 0 Å². The number of hydrogen-bond donors (Lipinski definition) is 3. The minimum atomic E-state index is 0.776. The van der Waals surface area contributed by atoms with Crippen molar-refractivity contribution in [3.63, 3.8) is 0 Å². The molecule has 2 aromatic heterocycles. The SMILES string of the molecule is C=C/C=C(\C=C/C)Nc1nc(NC)c(-c2nc(=C/C=C)/c(=C\CC)[nH]2)s1. The summed E-state index contributed by atoms with van der Waals surface area (Å²) >= 11 is 1.53. The van der Waals surface area contributed by atoms with E-state index in [0.29, 0.717) is 0 Å². The molecule has 0 unspecified atom stereocenters. The first kappa shape index (κ1) is 19.5.